The topological polar surface area (TPSA) is 80.1 Å². The third kappa shape index (κ3) is 5.42. The number of rotatable bonds is 5. The first-order valence-corrected chi connectivity index (χ1v) is 11.1. The van der Waals surface area contributed by atoms with Crippen molar-refractivity contribution in [1.29, 1.82) is 0 Å². The van der Waals surface area contributed by atoms with Gasteiger partial charge in [-0.3, -0.25) is 25.0 Å². The van der Waals surface area contributed by atoms with Crippen LogP contribution in [-0.4, -0.2) is 37.9 Å². The van der Waals surface area contributed by atoms with Crippen LogP contribution in [0.25, 0.3) is 11.8 Å². The number of nitrogens with one attached hydrogen (secondary N) is 1. The molecule has 0 spiro atoms. The predicted molar refractivity (Wildman–Crippen MR) is 123 cm³/mol. The van der Waals surface area contributed by atoms with E-state index in [2.05, 4.69) is 15.4 Å². The van der Waals surface area contributed by atoms with Crippen LogP contribution in [0.5, 0.6) is 0 Å². The molecule has 1 aliphatic heterocycles. The van der Waals surface area contributed by atoms with Gasteiger partial charge in [0.2, 0.25) is 5.91 Å². The van der Waals surface area contributed by atoms with Crippen molar-refractivity contribution in [3.05, 3.63) is 83.2 Å². The molecule has 1 N–H and O–H groups in total. The van der Waals surface area contributed by atoms with E-state index in [-0.39, 0.29) is 18.5 Å². The van der Waals surface area contributed by atoms with E-state index in [0.717, 1.165) is 28.2 Å². The van der Waals surface area contributed by atoms with Crippen molar-refractivity contribution in [3.8, 4) is 5.69 Å². The lowest BCUT2D eigenvalue weighted by Crippen LogP contribution is -2.50. The highest BCUT2D eigenvalue weighted by molar-refractivity contribution is 5.94. The summed E-state index contributed by atoms with van der Waals surface area (Å²) in [7, 11) is 0. The van der Waals surface area contributed by atoms with Crippen molar-refractivity contribution in [3.63, 3.8) is 0 Å². The molecule has 3 aromatic rings. The minimum atomic E-state index is -4.57. The molecule has 1 aliphatic rings. The molecule has 1 atom stereocenters. The van der Waals surface area contributed by atoms with Gasteiger partial charge in [-0.25, -0.2) is 4.98 Å². The average Bonchev–Trinajstić information content (AvgIpc) is 3.24. The lowest BCUT2D eigenvalue weighted by atomic mass is 9.87. The van der Waals surface area contributed by atoms with E-state index >= 15 is 0 Å². The van der Waals surface area contributed by atoms with Crippen molar-refractivity contribution >= 4 is 17.9 Å². The van der Waals surface area contributed by atoms with Crippen molar-refractivity contribution < 1.29 is 22.8 Å². The molecule has 182 valence electrons. The number of alkyl halides is 3. The number of benzene rings is 1. The van der Waals surface area contributed by atoms with Crippen LogP contribution in [0.3, 0.4) is 0 Å². The fourth-order valence-electron chi connectivity index (χ4n) is 4.16. The Hall–Kier alpha value is -3.95. The van der Waals surface area contributed by atoms with Gasteiger partial charge < -0.3 is 4.57 Å². The van der Waals surface area contributed by atoms with Gasteiger partial charge in [0.05, 0.1) is 40.6 Å². The summed E-state index contributed by atoms with van der Waals surface area (Å²) in [4.78, 5) is 34.1. The first-order chi connectivity index (χ1) is 16.6. The van der Waals surface area contributed by atoms with Gasteiger partial charge >= 0.3 is 6.18 Å². The van der Waals surface area contributed by atoms with E-state index in [1.165, 1.54) is 30.4 Å². The van der Waals surface area contributed by atoms with Crippen LogP contribution in [-0.2, 0) is 15.8 Å². The number of pyridine rings is 1. The summed E-state index contributed by atoms with van der Waals surface area (Å²) < 4.78 is 42.2. The molecule has 10 heteroatoms. The summed E-state index contributed by atoms with van der Waals surface area (Å²) >= 11 is 0. The van der Waals surface area contributed by atoms with Crippen molar-refractivity contribution in [2.75, 3.05) is 6.54 Å². The van der Waals surface area contributed by atoms with Crippen molar-refractivity contribution in [2.24, 2.45) is 0 Å². The normalized spacial score (nSPS) is 16.7. The number of amides is 2. The quantitative estimate of drug-likeness (QED) is 0.547. The van der Waals surface area contributed by atoms with Crippen LogP contribution in [0.4, 0.5) is 13.2 Å². The highest BCUT2D eigenvalue weighted by atomic mass is 19.4. The monoisotopic (exact) mass is 483 g/mol. The van der Waals surface area contributed by atoms with Crippen molar-refractivity contribution in [2.45, 2.75) is 38.8 Å². The van der Waals surface area contributed by atoms with Crippen LogP contribution >= 0.6 is 0 Å². The summed E-state index contributed by atoms with van der Waals surface area (Å²) in [5.41, 5.74) is 4.59. The van der Waals surface area contributed by atoms with E-state index in [1.54, 1.807) is 12.4 Å². The maximum Gasteiger partial charge on any atom is 0.416 e. The number of hydrazine groups is 1. The largest absolute Gasteiger partial charge is 0.416 e. The van der Waals surface area contributed by atoms with Gasteiger partial charge in [-0.2, -0.15) is 13.2 Å². The minimum absolute atomic E-state index is 0.0765. The highest BCUT2D eigenvalue weighted by Gasteiger charge is 2.39. The molecular weight excluding hydrogens is 459 g/mol. The molecular formula is C25H24F3N5O2. The molecule has 0 radical (unpaired) electrons. The van der Waals surface area contributed by atoms with Crippen LogP contribution < -0.4 is 5.43 Å². The molecule has 0 aliphatic carbocycles. The van der Waals surface area contributed by atoms with E-state index in [4.69, 9.17) is 0 Å². The predicted octanol–water partition coefficient (Wildman–Crippen LogP) is 4.35. The molecule has 3 heterocycles. The van der Waals surface area contributed by atoms with Crippen LogP contribution in [0.1, 0.15) is 47.0 Å². The molecule has 1 unspecified atom stereocenters. The van der Waals surface area contributed by atoms with E-state index < -0.39 is 29.5 Å². The van der Waals surface area contributed by atoms with Crippen molar-refractivity contribution in [1.82, 2.24) is 25.0 Å². The minimum Gasteiger partial charge on any atom is -0.304 e. The van der Waals surface area contributed by atoms with Gasteiger partial charge in [0.15, 0.2) is 0 Å². The molecule has 1 fully saturated rings. The molecule has 2 aromatic heterocycles. The van der Waals surface area contributed by atoms with Gasteiger partial charge in [-0.15, -0.1) is 0 Å². The van der Waals surface area contributed by atoms with Gasteiger partial charge in [0, 0.05) is 18.8 Å². The summed E-state index contributed by atoms with van der Waals surface area (Å²) in [5, 5.41) is 1.09. The summed E-state index contributed by atoms with van der Waals surface area (Å²) in [6.45, 7) is 3.95. The van der Waals surface area contributed by atoms with Crippen LogP contribution in [0.15, 0.2) is 55.0 Å². The van der Waals surface area contributed by atoms with E-state index in [1.807, 2.05) is 30.7 Å². The zero-order chi connectivity index (χ0) is 25.2. The van der Waals surface area contributed by atoms with Gasteiger partial charge in [-0.1, -0.05) is 18.2 Å². The fourth-order valence-corrected chi connectivity index (χ4v) is 4.16. The average molecular weight is 483 g/mol. The first kappa shape index (κ1) is 24.2. The number of imidazole rings is 1. The maximum absolute atomic E-state index is 13.4. The Balaban J connectivity index is 1.44. The second-order valence-electron chi connectivity index (χ2n) is 8.34. The Morgan fingerprint density at radius 1 is 1.17 bits per heavy atom. The number of hydrogen-bond acceptors (Lipinski definition) is 4. The highest BCUT2D eigenvalue weighted by Crippen LogP contribution is 2.38. The Kier molecular flexibility index (Phi) is 6.72. The standard InChI is InChI=1S/C25H24F3N5O2/c1-16-14-32(15-29-16)22-11-9-18(30-17(22)2)10-12-23(34)31-33-13-5-7-20(24(33)35)19-6-3-4-8-21(19)25(26,27)28/h3-4,6,8-12,14-15,20H,5,7,13H2,1-2H3,(H,31,34)/b12-10+. The van der Waals surface area contributed by atoms with E-state index in [0.29, 0.717) is 12.1 Å². The lowest BCUT2D eigenvalue weighted by Gasteiger charge is -2.33. The Morgan fingerprint density at radius 2 is 1.94 bits per heavy atom. The SMILES string of the molecule is Cc1cn(-c2ccc(/C=C/C(=O)NN3CCCC(c4ccccc4C(F)(F)F)C3=O)nc2C)cn1. The number of carbonyl (C=O) groups excluding carboxylic acids is 2. The molecule has 0 saturated carbocycles. The summed E-state index contributed by atoms with van der Waals surface area (Å²) in [6, 6.07) is 8.67. The molecule has 7 nitrogen and oxygen atoms in total. The van der Waals surface area contributed by atoms with Gasteiger partial charge in [0.1, 0.15) is 0 Å². The number of aromatic nitrogens is 3. The smallest absolute Gasteiger partial charge is 0.304 e. The zero-order valence-corrected chi connectivity index (χ0v) is 19.2. The first-order valence-electron chi connectivity index (χ1n) is 11.1. The van der Waals surface area contributed by atoms with Gasteiger partial charge in [-0.05, 0) is 56.5 Å². The number of aryl methyl sites for hydroxylation is 2. The zero-order valence-electron chi connectivity index (χ0n) is 19.2. The Labute approximate surface area is 200 Å². The third-order valence-electron chi connectivity index (χ3n) is 5.80. The summed E-state index contributed by atoms with van der Waals surface area (Å²) in [5.74, 6) is -2.12. The number of hydrogen-bond donors (Lipinski definition) is 1. The van der Waals surface area contributed by atoms with Gasteiger partial charge in [0.25, 0.3) is 5.91 Å². The number of halogens is 3. The number of nitrogens with zero attached hydrogens (tertiary/aromatic N) is 4. The fraction of sp³-hybridized carbons (Fsp3) is 0.280. The van der Waals surface area contributed by atoms with Crippen LogP contribution in [0, 0.1) is 13.8 Å². The molecule has 2 amide bonds. The molecule has 0 bridgehead atoms. The van der Waals surface area contributed by atoms with Crippen LogP contribution in [0.2, 0.25) is 0 Å². The molecule has 35 heavy (non-hydrogen) atoms. The second kappa shape index (κ2) is 9.73. The second-order valence-corrected chi connectivity index (χ2v) is 8.34. The third-order valence-corrected chi connectivity index (χ3v) is 5.80. The lowest BCUT2D eigenvalue weighted by molar-refractivity contribution is -0.145. The number of piperidine rings is 1. The number of carbonyl (C=O) groups is 2. The summed E-state index contributed by atoms with van der Waals surface area (Å²) in [6.07, 6.45) is 2.49. The molecule has 1 aromatic carbocycles. The maximum atomic E-state index is 13.4. The Bertz CT molecular complexity index is 1280. The van der Waals surface area contributed by atoms with E-state index in [9.17, 15) is 22.8 Å². The Morgan fingerprint density at radius 3 is 2.63 bits per heavy atom. The molecule has 4 rings (SSSR count). The molecule has 1 saturated heterocycles.